The molecule has 2 aliphatic rings. The van der Waals surface area contributed by atoms with E-state index in [1.165, 1.54) is 31.4 Å². The highest BCUT2D eigenvalue weighted by Gasteiger charge is 2.21. The first-order valence-electron chi connectivity index (χ1n) is 6.79. The summed E-state index contributed by atoms with van der Waals surface area (Å²) < 4.78 is 2.39. The molecule has 1 fully saturated rings. The smallest absolute Gasteiger partial charge is 0.0948 e. The van der Waals surface area contributed by atoms with Crippen molar-refractivity contribution in [3.63, 3.8) is 0 Å². The molecule has 2 heterocycles. The zero-order valence-corrected chi connectivity index (χ0v) is 10.3. The quantitative estimate of drug-likeness (QED) is 0.809. The number of allylic oxidation sites excluding steroid dienone is 2. The van der Waals surface area contributed by atoms with Gasteiger partial charge in [-0.25, -0.2) is 4.98 Å². The molecule has 1 aromatic heterocycles. The Morgan fingerprint density at radius 3 is 3.12 bits per heavy atom. The minimum absolute atomic E-state index is 0.677. The van der Waals surface area contributed by atoms with E-state index in [1.807, 2.05) is 6.33 Å². The molecule has 2 atom stereocenters. The minimum Gasteiger partial charge on any atom is -0.334 e. The highest BCUT2D eigenvalue weighted by molar-refractivity contribution is 5.09. The van der Waals surface area contributed by atoms with Crippen LogP contribution >= 0.6 is 0 Å². The summed E-state index contributed by atoms with van der Waals surface area (Å²) in [6, 6.07) is 0. The molecule has 0 spiro atoms. The number of hydrogen-bond acceptors (Lipinski definition) is 2. The summed E-state index contributed by atoms with van der Waals surface area (Å²) in [5, 5.41) is 3.44. The molecule has 0 bridgehead atoms. The van der Waals surface area contributed by atoms with Crippen molar-refractivity contribution < 1.29 is 0 Å². The second kappa shape index (κ2) is 5.05. The highest BCUT2D eigenvalue weighted by Crippen LogP contribution is 2.25. The fourth-order valence-corrected chi connectivity index (χ4v) is 3.03. The number of rotatable bonds is 3. The van der Waals surface area contributed by atoms with Gasteiger partial charge in [0.1, 0.15) is 0 Å². The zero-order chi connectivity index (χ0) is 11.5. The monoisotopic (exact) mass is 231 g/mol. The standard InChI is InChI=1S/C14H21N3/c1-2-4-12(5-3-1)10-17-11-16-9-14(17)13-6-7-15-8-13/h1-2,9,11-13,15H,3-8,10H2. The molecule has 0 amide bonds. The summed E-state index contributed by atoms with van der Waals surface area (Å²) in [6.45, 7) is 3.43. The Hall–Kier alpha value is -1.09. The third kappa shape index (κ3) is 2.44. The van der Waals surface area contributed by atoms with E-state index in [-0.39, 0.29) is 0 Å². The van der Waals surface area contributed by atoms with Gasteiger partial charge in [-0.05, 0) is 38.1 Å². The van der Waals surface area contributed by atoms with Crippen LogP contribution in [0.2, 0.25) is 0 Å². The van der Waals surface area contributed by atoms with Crippen molar-refractivity contribution in [3.8, 4) is 0 Å². The van der Waals surface area contributed by atoms with Gasteiger partial charge in [0, 0.05) is 30.9 Å². The van der Waals surface area contributed by atoms with Gasteiger partial charge in [0.05, 0.1) is 6.33 Å². The molecule has 0 saturated carbocycles. The number of imidazole rings is 1. The highest BCUT2D eigenvalue weighted by atomic mass is 15.1. The summed E-state index contributed by atoms with van der Waals surface area (Å²) in [5.74, 6) is 1.49. The van der Waals surface area contributed by atoms with Gasteiger partial charge in [-0.2, -0.15) is 0 Å². The van der Waals surface area contributed by atoms with Crippen molar-refractivity contribution >= 4 is 0 Å². The van der Waals surface area contributed by atoms with E-state index in [4.69, 9.17) is 0 Å². The van der Waals surface area contributed by atoms with E-state index < -0.39 is 0 Å². The van der Waals surface area contributed by atoms with Crippen molar-refractivity contribution in [2.24, 2.45) is 5.92 Å². The molecule has 3 nitrogen and oxygen atoms in total. The molecule has 1 saturated heterocycles. The number of aromatic nitrogens is 2. The van der Waals surface area contributed by atoms with Crippen molar-refractivity contribution in [1.29, 1.82) is 0 Å². The molecule has 0 aromatic carbocycles. The van der Waals surface area contributed by atoms with Crippen molar-refractivity contribution in [3.05, 3.63) is 30.4 Å². The lowest BCUT2D eigenvalue weighted by Crippen LogP contribution is -2.16. The first-order chi connectivity index (χ1) is 8.43. The first kappa shape index (κ1) is 11.0. The van der Waals surface area contributed by atoms with Crippen molar-refractivity contribution in [1.82, 2.24) is 14.9 Å². The van der Waals surface area contributed by atoms with Gasteiger partial charge in [-0.1, -0.05) is 12.2 Å². The Bertz CT molecular complexity index is 388. The van der Waals surface area contributed by atoms with Crippen LogP contribution in [-0.4, -0.2) is 22.6 Å². The molecule has 3 heteroatoms. The Morgan fingerprint density at radius 2 is 2.35 bits per heavy atom. The molecule has 1 aliphatic heterocycles. The molecular weight excluding hydrogens is 210 g/mol. The first-order valence-corrected chi connectivity index (χ1v) is 6.79. The van der Waals surface area contributed by atoms with Crippen LogP contribution < -0.4 is 5.32 Å². The molecular formula is C14H21N3. The van der Waals surface area contributed by atoms with Crippen LogP contribution in [0.5, 0.6) is 0 Å². The number of nitrogens with one attached hydrogen (secondary N) is 1. The van der Waals surface area contributed by atoms with Gasteiger partial charge >= 0.3 is 0 Å². The third-order valence-electron chi connectivity index (χ3n) is 4.06. The van der Waals surface area contributed by atoms with Gasteiger partial charge in [-0.15, -0.1) is 0 Å². The van der Waals surface area contributed by atoms with E-state index in [0.29, 0.717) is 5.92 Å². The van der Waals surface area contributed by atoms with E-state index in [0.717, 1.165) is 25.6 Å². The molecule has 1 aromatic rings. The minimum atomic E-state index is 0.677. The maximum Gasteiger partial charge on any atom is 0.0948 e. The lowest BCUT2D eigenvalue weighted by Gasteiger charge is -2.21. The Morgan fingerprint density at radius 1 is 1.35 bits per heavy atom. The van der Waals surface area contributed by atoms with Gasteiger partial charge in [-0.3, -0.25) is 0 Å². The van der Waals surface area contributed by atoms with Crippen LogP contribution in [0.1, 0.15) is 37.3 Å². The number of hydrogen-bond donors (Lipinski definition) is 1. The van der Waals surface area contributed by atoms with E-state index >= 15 is 0 Å². The topological polar surface area (TPSA) is 29.9 Å². The van der Waals surface area contributed by atoms with Crippen molar-refractivity contribution in [2.75, 3.05) is 13.1 Å². The molecule has 3 rings (SSSR count). The summed E-state index contributed by atoms with van der Waals surface area (Å²) in [5.41, 5.74) is 1.43. The van der Waals surface area contributed by atoms with Crippen LogP contribution in [0.3, 0.4) is 0 Å². The van der Waals surface area contributed by atoms with Crippen molar-refractivity contribution in [2.45, 2.75) is 38.1 Å². The molecule has 1 N–H and O–H groups in total. The maximum absolute atomic E-state index is 4.35. The lowest BCUT2D eigenvalue weighted by atomic mass is 9.94. The van der Waals surface area contributed by atoms with Gasteiger partial charge < -0.3 is 9.88 Å². The number of nitrogens with zero attached hydrogens (tertiary/aromatic N) is 2. The summed E-state index contributed by atoms with van der Waals surface area (Å²) in [7, 11) is 0. The average Bonchev–Trinajstić information content (AvgIpc) is 3.00. The molecule has 1 aliphatic carbocycles. The molecule has 2 unspecified atom stereocenters. The fraction of sp³-hybridized carbons (Fsp3) is 0.643. The summed E-state index contributed by atoms with van der Waals surface area (Å²) in [6.07, 6.45) is 13.8. The Labute approximate surface area is 103 Å². The second-order valence-electron chi connectivity index (χ2n) is 5.31. The Balaban J connectivity index is 1.69. The maximum atomic E-state index is 4.35. The van der Waals surface area contributed by atoms with Crippen LogP contribution in [0.25, 0.3) is 0 Å². The van der Waals surface area contributed by atoms with Gasteiger partial charge in [0.25, 0.3) is 0 Å². The largest absolute Gasteiger partial charge is 0.334 e. The van der Waals surface area contributed by atoms with Crippen LogP contribution in [-0.2, 0) is 6.54 Å². The lowest BCUT2D eigenvalue weighted by molar-refractivity contribution is 0.400. The fourth-order valence-electron chi connectivity index (χ4n) is 3.03. The van der Waals surface area contributed by atoms with Gasteiger partial charge in [0.2, 0.25) is 0 Å². The predicted molar refractivity (Wildman–Crippen MR) is 68.9 cm³/mol. The predicted octanol–water partition coefficient (Wildman–Crippen LogP) is 2.32. The van der Waals surface area contributed by atoms with Gasteiger partial charge in [0.15, 0.2) is 0 Å². The van der Waals surface area contributed by atoms with Crippen LogP contribution in [0.15, 0.2) is 24.7 Å². The average molecular weight is 231 g/mol. The molecule has 92 valence electrons. The van der Waals surface area contributed by atoms with Crippen LogP contribution in [0, 0.1) is 5.92 Å². The second-order valence-corrected chi connectivity index (χ2v) is 5.31. The summed E-state index contributed by atoms with van der Waals surface area (Å²) >= 11 is 0. The molecule has 0 radical (unpaired) electrons. The molecule has 17 heavy (non-hydrogen) atoms. The summed E-state index contributed by atoms with van der Waals surface area (Å²) in [4.78, 5) is 4.35. The van der Waals surface area contributed by atoms with Crippen LogP contribution in [0.4, 0.5) is 0 Å². The van der Waals surface area contributed by atoms with E-state index in [2.05, 4.69) is 33.2 Å². The zero-order valence-electron chi connectivity index (χ0n) is 10.3. The van der Waals surface area contributed by atoms with E-state index in [9.17, 15) is 0 Å². The third-order valence-corrected chi connectivity index (χ3v) is 4.06. The Kier molecular flexibility index (Phi) is 3.27. The SMILES string of the molecule is C1=CCC(Cn2cncc2C2CCNC2)CC1. The normalized spacial score (nSPS) is 28.7. The van der Waals surface area contributed by atoms with E-state index in [1.54, 1.807) is 0 Å².